The number of halogens is 1. The maximum atomic E-state index is 13.6. The van der Waals surface area contributed by atoms with Gasteiger partial charge in [0.1, 0.15) is 5.82 Å². The van der Waals surface area contributed by atoms with Crippen LogP contribution in [0.5, 0.6) is 0 Å². The van der Waals surface area contributed by atoms with E-state index in [1.165, 1.54) is 12.3 Å². The smallest absolute Gasteiger partial charge is 0.191 e. The van der Waals surface area contributed by atoms with Crippen LogP contribution in [0, 0.1) is 12.7 Å². The van der Waals surface area contributed by atoms with Crippen molar-refractivity contribution < 1.29 is 12.8 Å². The molecular weight excluding hydrogens is 341 g/mol. The van der Waals surface area contributed by atoms with E-state index in [0.717, 1.165) is 11.1 Å². The second kappa shape index (κ2) is 8.11. The first-order valence-electron chi connectivity index (χ1n) is 7.78. The van der Waals surface area contributed by atoms with Gasteiger partial charge in [-0.25, -0.2) is 12.8 Å². The predicted molar refractivity (Wildman–Crippen MR) is 97.7 cm³/mol. The summed E-state index contributed by atoms with van der Waals surface area (Å²) in [6.07, 6.45) is 1.18. The Morgan fingerprint density at radius 2 is 1.60 bits per heavy atom. The van der Waals surface area contributed by atoms with Gasteiger partial charge in [-0.15, -0.1) is 0 Å². The monoisotopic (exact) mass is 363 g/mol. The van der Waals surface area contributed by atoms with E-state index in [9.17, 15) is 12.8 Å². The molecule has 2 aromatic carbocycles. The van der Waals surface area contributed by atoms with Gasteiger partial charge in [0.05, 0.1) is 4.90 Å². The number of nitrogens with zero attached hydrogens (tertiary/aromatic N) is 1. The largest absolute Gasteiger partial charge is 0.352 e. The molecule has 0 saturated heterocycles. The Morgan fingerprint density at radius 3 is 2.12 bits per heavy atom. The summed E-state index contributed by atoms with van der Waals surface area (Å²) in [5.41, 5.74) is 2.36. The van der Waals surface area contributed by atoms with Gasteiger partial charge in [0, 0.05) is 26.4 Å². The molecule has 2 aromatic rings. The maximum absolute atomic E-state index is 13.6. The fourth-order valence-electron chi connectivity index (χ4n) is 2.19. The average Bonchev–Trinajstić information content (AvgIpc) is 2.57. The van der Waals surface area contributed by atoms with E-state index in [4.69, 9.17) is 0 Å². The molecule has 0 aliphatic heterocycles. The summed E-state index contributed by atoms with van der Waals surface area (Å²) < 4.78 is 36.5. The van der Waals surface area contributed by atoms with Crippen LogP contribution in [0.3, 0.4) is 0 Å². The summed E-state index contributed by atoms with van der Waals surface area (Å²) in [5, 5.41) is 6.25. The summed E-state index contributed by atoms with van der Waals surface area (Å²) in [7, 11) is -1.54. The highest BCUT2D eigenvalue weighted by atomic mass is 32.2. The number of aliphatic imine (C=N–C) groups is 1. The van der Waals surface area contributed by atoms with E-state index in [-0.39, 0.29) is 5.82 Å². The first kappa shape index (κ1) is 18.9. The number of aryl methyl sites for hydroxylation is 1. The highest BCUT2D eigenvalue weighted by molar-refractivity contribution is 7.90. The third kappa shape index (κ3) is 5.56. The van der Waals surface area contributed by atoms with Gasteiger partial charge in [0.25, 0.3) is 0 Å². The Hall–Kier alpha value is -2.41. The Labute approximate surface area is 147 Å². The molecule has 134 valence electrons. The Morgan fingerprint density at radius 1 is 1.04 bits per heavy atom. The summed E-state index contributed by atoms with van der Waals surface area (Å²) in [6, 6.07) is 11.8. The minimum atomic E-state index is -3.19. The fourth-order valence-corrected chi connectivity index (χ4v) is 2.82. The van der Waals surface area contributed by atoms with Gasteiger partial charge in [0.15, 0.2) is 15.8 Å². The molecule has 5 nitrogen and oxygen atoms in total. The number of benzene rings is 2. The molecule has 0 aliphatic carbocycles. The molecule has 0 amide bonds. The molecule has 2 rings (SSSR count). The van der Waals surface area contributed by atoms with Crippen molar-refractivity contribution in [3.63, 3.8) is 0 Å². The zero-order valence-corrected chi connectivity index (χ0v) is 15.3. The van der Waals surface area contributed by atoms with E-state index >= 15 is 0 Å². The Bertz CT molecular complexity index is 862. The first-order valence-corrected chi connectivity index (χ1v) is 9.67. The van der Waals surface area contributed by atoms with Crippen LogP contribution in [-0.4, -0.2) is 27.7 Å². The van der Waals surface area contributed by atoms with E-state index in [1.807, 2.05) is 6.07 Å². The molecule has 0 saturated carbocycles. The molecule has 0 radical (unpaired) electrons. The quantitative estimate of drug-likeness (QED) is 0.632. The van der Waals surface area contributed by atoms with Crippen molar-refractivity contribution in [2.75, 3.05) is 13.3 Å². The van der Waals surface area contributed by atoms with E-state index < -0.39 is 9.84 Å². The van der Waals surface area contributed by atoms with Crippen molar-refractivity contribution in [1.29, 1.82) is 0 Å². The minimum Gasteiger partial charge on any atom is -0.352 e. The van der Waals surface area contributed by atoms with Crippen LogP contribution in [0.25, 0.3) is 0 Å². The van der Waals surface area contributed by atoms with Gasteiger partial charge in [-0.05, 0) is 41.8 Å². The number of sulfone groups is 1. The van der Waals surface area contributed by atoms with Crippen LogP contribution < -0.4 is 10.6 Å². The van der Waals surface area contributed by atoms with Crippen LogP contribution in [0.15, 0.2) is 52.4 Å². The number of nitrogens with one attached hydrogen (secondary N) is 2. The summed E-state index contributed by atoms with van der Waals surface area (Å²) in [6.45, 7) is 2.66. The molecule has 0 heterocycles. The van der Waals surface area contributed by atoms with Crippen molar-refractivity contribution in [3.8, 4) is 0 Å². The third-order valence-corrected chi connectivity index (χ3v) is 4.86. The van der Waals surface area contributed by atoms with Gasteiger partial charge in [0.2, 0.25) is 0 Å². The molecule has 0 aromatic heterocycles. The maximum Gasteiger partial charge on any atom is 0.191 e. The highest BCUT2D eigenvalue weighted by Crippen LogP contribution is 2.10. The third-order valence-electron chi connectivity index (χ3n) is 3.73. The van der Waals surface area contributed by atoms with Gasteiger partial charge in [-0.3, -0.25) is 4.99 Å². The Kier molecular flexibility index (Phi) is 6.14. The van der Waals surface area contributed by atoms with Gasteiger partial charge in [-0.2, -0.15) is 0 Å². The lowest BCUT2D eigenvalue weighted by molar-refractivity contribution is 0.602. The fraction of sp³-hybridized carbons (Fsp3) is 0.278. The van der Waals surface area contributed by atoms with Gasteiger partial charge < -0.3 is 10.6 Å². The lowest BCUT2D eigenvalue weighted by atomic mass is 10.1. The summed E-state index contributed by atoms with van der Waals surface area (Å²) in [5.74, 6) is 0.349. The second-order valence-corrected chi connectivity index (χ2v) is 7.79. The van der Waals surface area contributed by atoms with Crippen molar-refractivity contribution in [2.24, 2.45) is 4.99 Å². The van der Waals surface area contributed by atoms with Gasteiger partial charge >= 0.3 is 0 Å². The van der Waals surface area contributed by atoms with E-state index in [0.29, 0.717) is 29.5 Å². The second-order valence-electron chi connectivity index (χ2n) is 5.78. The molecule has 0 unspecified atom stereocenters. The van der Waals surface area contributed by atoms with Crippen molar-refractivity contribution >= 4 is 15.8 Å². The summed E-state index contributed by atoms with van der Waals surface area (Å²) in [4.78, 5) is 4.41. The zero-order chi connectivity index (χ0) is 18.4. The molecule has 0 fully saturated rings. The normalized spacial score (nSPS) is 12.1. The molecule has 2 N–H and O–H groups in total. The van der Waals surface area contributed by atoms with Crippen LogP contribution in [-0.2, 0) is 22.9 Å². The zero-order valence-electron chi connectivity index (χ0n) is 14.5. The highest BCUT2D eigenvalue weighted by Gasteiger charge is 2.06. The van der Waals surface area contributed by atoms with Gasteiger partial charge in [-0.1, -0.05) is 24.3 Å². The number of guanidine groups is 1. The topological polar surface area (TPSA) is 70.6 Å². The molecule has 0 spiro atoms. The van der Waals surface area contributed by atoms with Crippen molar-refractivity contribution in [1.82, 2.24) is 10.6 Å². The number of hydrogen-bond acceptors (Lipinski definition) is 3. The number of rotatable bonds is 5. The van der Waals surface area contributed by atoms with E-state index in [2.05, 4.69) is 15.6 Å². The van der Waals surface area contributed by atoms with Crippen LogP contribution in [0.4, 0.5) is 4.39 Å². The molecule has 0 aliphatic rings. The van der Waals surface area contributed by atoms with Crippen LogP contribution >= 0.6 is 0 Å². The molecule has 7 heteroatoms. The molecule has 0 bridgehead atoms. The predicted octanol–water partition coefficient (Wildman–Crippen LogP) is 2.40. The molecule has 25 heavy (non-hydrogen) atoms. The molecular formula is C18H22FN3O2S. The molecule has 0 atom stereocenters. The van der Waals surface area contributed by atoms with Crippen LogP contribution in [0.1, 0.15) is 16.7 Å². The van der Waals surface area contributed by atoms with Crippen molar-refractivity contribution in [3.05, 3.63) is 65.0 Å². The summed E-state index contributed by atoms with van der Waals surface area (Å²) >= 11 is 0. The SMILES string of the molecule is CN=C(NCc1ccc(S(C)(=O)=O)cc1)NCc1ccc(C)c(F)c1. The lowest BCUT2D eigenvalue weighted by Crippen LogP contribution is -2.36. The standard InChI is InChI=1S/C18H22FN3O2S/c1-13-4-5-15(10-17(13)19)12-22-18(20-2)21-11-14-6-8-16(9-7-14)25(3,23)24/h4-10H,11-12H2,1-3H3,(H2,20,21,22). The minimum absolute atomic E-state index is 0.229. The Balaban J connectivity index is 1.91. The van der Waals surface area contributed by atoms with Crippen LogP contribution in [0.2, 0.25) is 0 Å². The van der Waals surface area contributed by atoms with Crippen molar-refractivity contribution in [2.45, 2.75) is 24.9 Å². The van der Waals surface area contributed by atoms with E-state index in [1.54, 1.807) is 44.3 Å². The average molecular weight is 363 g/mol. The lowest BCUT2D eigenvalue weighted by Gasteiger charge is -2.12. The first-order chi connectivity index (χ1) is 11.8. The number of hydrogen-bond donors (Lipinski definition) is 2.